The number of rotatable bonds is 3. The van der Waals surface area contributed by atoms with Crippen molar-refractivity contribution in [2.75, 3.05) is 12.3 Å². The number of pyridine rings is 1. The Morgan fingerprint density at radius 2 is 1.94 bits per heavy atom. The van der Waals surface area contributed by atoms with Gasteiger partial charge in [-0.2, -0.15) is 0 Å². The van der Waals surface area contributed by atoms with Gasteiger partial charge in [-0.3, -0.25) is 4.79 Å². The fourth-order valence-corrected chi connectivity index (χ4v) is 1.79. The lowest BCUT2D eigenvalue weighted by Crippen LogP contribution is -2.13. The van der Waals surface area contributed by atoms with E-state index >= 15 is 0 Å². The van der Waals surface area contributed by atoms with Crippen molar-refractivity contribution in [3.63, 3.8) is 0 Å². The van der Waals surface area contributed by atoms with Crippen molar-refractivity contribution in [2.24, 2.45) is 0 Å². The van der Waals surface area contributed by atoms with Crippen LogP contribution >= 0.6 is 0 Å². The molecule has 4 heteroatoms. The molecule has 0 spiro atoms. The molecule has 2 rings (SSSR count). The van der Waals surface area contributed by atoms with Gasteiger partial charge in [-0.1, -0.05) is 0 Å². The molecule has 1 aromatic heterocycles. The molecule has 0 unspecified atom stereocenters. The van der Waals surface area contributed by atoms with Gasteiger partial charge in [0.2, 0.25) is 5.43 Å². The summed E-state index contributed by atoms with van der Waals surface area (Å²) < 4.78 is 7.27. The van der Waals surface area contributed by atoms with E-state index < -0.39 is 0 Å². The van der Waals surface area contributed by atoms with Gasteiger partial charge in [0.25, 0.3) is 0 Å². The minimum absolute atomic E-state index is 0.144. The van der Waals surface area contributed by atoms with E-state index in [1.807, 2.05) is 42.7 Å². The smallest absolute Gasteiger partial charge is 0.204 e. The van der Waals surface area contributed by atoms with Crippen LogP contribution in [0.15, 0.2) is 41.3 Å². The fourth-order valence-electron chi connectivity index (χ4n) is 1.79. The van der Waals surface area contributed by atoms with E-state index in [1.165, 1.54) is 6.07 Å². The molecule has 2 aromatic rings. The predicted octanol–water partition coefficient (Wildman–Crippen LogP) is 2.13. The van der Waals surface area contributed by atoms with E-state index in [4.69, 9.17) is 10.5 Å². The second kappa shape index (κ2) is 4.96. The zero-order chi connectivity index (χ0) is 13.1. The third-order valence-electron chi connectivity index (χ3n) is 2.70. The number of hydrogen-bond donors (Lipinski definition) is 1. The monoisotopic (exact) mass is 244 g/mol. The third kappa shape index (κ3) is 2.37. The highest BCUT2D eigenvalue weighted by molar-refractivity contribution is 5.44. The van der Waals surface area contributed by atoms with E-state index in [9.17, 15) is 4.79 Å². The van der Waals surface area contributed by atoms with Crippen molar-refractivity contribution >= 4 is 5.69 Å². The second-order valence-corrected chi connectivity index (χ2v) is 4.03. The molecular weight excluding hydrogens is 228 g/mol. The summed E-state index contributed by atoms with van der Waals surface area (Å²) in [5.41, 5.74) is 7.54. The van der Waals surface area contributed by atoms with E-state index in [0.29, 0.717) is 6.61 Å². The summed E-state index contributed by atoms with van der Waals surface area (Å²) in [7, 11) is 0. The van der Waals surface area contributed by atoms with E-state index in [-0.39, 0.29) is 11.1 Å². The maximum Gasteiger partial charge on any atom is 0.204 e. The minimum Gasteiger partial charge on any atom is -0.494 e. The number of aromatic nitrogens is 1. The Morgan fingerprint density at radius 3 is 2.56 bits per heavy atom. The lowest BCUT2D eigenvalue weighted by atomic mass is 10.2. The largest absolute Gasteiger partial charge is 0.494 e. The Labute approximate surface area is 106 Å². The summed E-state index contributed by atoms with van der Waals surface area (Å²) in [6, 6.07) is 9.19. The van der Waals surface area contributed by atoms with Gasteiger partial charge < -0.3 is 15.0 Å². The number of hydrogen-bond acceptors (Lipinski definition) is 3. The normalized spacial score (nSPS) is 10.3. The molecule has 0 bridgehead atoms. The molecule has 0 amide bonds. The van der Waals surface area contributed by atoms with Crippen LogP contribution in [0.4, 0.5) is 5.69 Å². The fraction of sp³-hybridized carbons (Fsp3) is 0.214. The average molecular weight is 244 g/mol. The topological polar surface area (TPSA) is 57.2 Å². The lowest BCUT2D eigenvalue weighted by Gasteiger charge is -2.12. The molecule has 0 aliphatic carbocycles. The van der Waals surface area contributed by atoms with Gasteiger partial charge in [0, 0.05) is 23.6 Å². The SMILES string of the molecule is CCOc1ccc(-n2cc(N)c(=O)cc2C)cc1. The number of anilines is 1. The first-order valence-electron chi connectivity index (χ1n) is 5.84. The first-order chi connectivity index (χ1) is 8.61. The quantitative estimate of drug-likeness (QED) is 0.899. The number of ether oxygens (including phenoxy) is 1. The van der Waals surface area contributed by atoms with Gasteiger partial charge in [-0.25, -0.2) is 0 Å². The number of nitrogen functional groups attached to an aromatic ring is 1. The molecule has 0 saturated carbocycles. The number of aryl methyl sites for hydroxylation is 1. The lowest BCUT2D eigenvalue weighted by molar-refractivity contribution is 0.340. The number of nitrogens with zero attached hydrogens (tertiary/aromatic N) is 1. The van der Waals surface area contributed by atoms with Crippen LogP contribution in [0.1, 0.15) is 12.6 Å². The molecule has 2 N–H and O–H groups in total. The van der Waals surface area contributed by atoms with Crippen molar-refractivity contribution in [1.82, 2.24) is 4.57 Å². The Balaban J connectivity index is 2.42. The van der Waals surface area contributed by atoms with Crippen LogP contribution < -0.4 is 15.9 Å². The van der Waals surface area contributed by atoms with Crippen LogP contribution in [0.3, 0.4) is 0 Å². The molecule has 0 saturated heterocycles. The maximum atomic E-state index is 11.4. The molecule has 18 heavy (non-hydrogen) atoms. The number of benzene rings is 1. The summed E-state index contributed by atoms with van der Waals surface area (Å²) in [4.78, 5) is 11.4. The molecule has 1 heterocycles. The van der Waals surface area contributed by atoms with Crippen LogP contribution in [0.25, 0.3) is 5.69 Å². The van der Waals surface area contributed by atoms with Crippen molar-refractivity contribution in [3.05, 3.63) is 52.4 Å². The van der Waals surface area contributed by atoms with Crippen LogP contribution in [0.5, 0.6) is 5.75 Å². The summed E-state index contributed by atoms with van der Waals surface area (Å²) in [5, 5.41) is 0. The van der Waals surface area contributed by atoms with Gasteiger partial charge in [-0.05, 0) is 38.1 Å². The number of nitrogens with two attached hydrogens (primary N) is 1. The Morgan fingerprint density at radius 1 is 1.28 bits per heavy atom. The van der Waals surface area contributed by atoms with Crippen molar-refractivity contribution in [3.8, 4) is 11.4 Å². The molecule has 94 valence electrons. The Hall–Kier alpha value is -2.23. The molecule has 0 atom stereocenters. The Kier molecular flexibility index (Phi) is 3.37. The van der Waals surface area contributed by atoms with Crippen molar-refractivity contribution in [2.45, 2.75) is 13.8 Å². The molecular formula is C14H16N2O2. The first kappa shape index (κ1) is 12.2. The highest BCUT2D eigenvalue weighted by atomic mass is 16.5. The van der Waals surface area contributed by atoms with Crippen molar-refractivity contribution in [1.29, 1.82) is 0 Å². The van der Waals surface area contributed by atoms with Crippen LogP contribution in [-0.2, 0) is 0 Å². The van der Waals surface area contributed by atoms with Crippen LogP contribution in [0.2, 0.25) is 0 Å². The summed E-state index contributed by atoms with van der Waals surface area (Å²) in [6.07, 6.45) is 1.65. The summed E-state index contributed by atoms with van der Waals surface area (Å²) in [6.45, 7) is 4.46. The van der Waals surface area contributed by atoms with E-state index in [0.717, 1.165) is 17.1 Å². The molecule has 0 radical (unpaired) electrons. The second-order valence-electron chi connectivity index (χ2n) is 4.03. The van der Waals surface area contributed by atoms with Crippen LogP contribution in [-0.4, -0.2) is 11.2 Å². The van der Waals surface area contributed by atoms with Crippen LogP contribution in [0, 0.1) is 6.92 Å². The molecule has 0 aliphatic rings. The molecule has 1 aromatic carbocycles. The van der Waals surface area contributed by atoms with Crippen molar-refractivity contribution < 1.29 is 4.74 Å². The van der Waals surface area contributed by atoms with E-state index in [2.05, 4.69) is 0 Å². The summed E-state index contributed by atoms with van der Waals surface area (Å²) in [5.74, 6) is 0.827. The predicted molar refractivity (Wildman–Crippen MR) is 72.4 cm³/mol. The van der Waals surface area contributed by atoms with E-state index in [1.54, 1.807) is 6.20 Å². The average Bonchev–Trinajstić information content (AvgIpc) is 2.35. The third-order valence-corrected chi connectivity index (χ3v) is 2.70. The molecule has 0 fully saturated rings. The Bertz CT molecular complexity index is 600. The highest BCUT2D eigenvalue weighted by Crippen LogP contribution is 2.17. The first-order valence-corrected chi connectivity index (χ1v) is 5.84. The van der Waals surface area contributed by atoms with Gasteiger partial charge in [0.05, 0.1) is 12.3 Å². The summed E-state index contributed by atoms with van der Waals surface area (Å²) >= 11 is 0. The van der Waals surface area contributed by atoms with Gasteiger partial charge in [0.15, 0.2) is 0 Å². The zero-order valence-electron chi connectivity index (χ0n) is 10.5. The maximum absolute atomic E-state index is 11.4. The standard InChI is InChI=1S/C14H16N2O2/c1-3-18-12-6-4-11(5-7-12)16-9-13(15)14(17)8-10(16)2/h4-9H,3,15H2,1-2H3. The van der Waals surface area contributed by atoms with Gasteiger partial charge in [0.1, 0.15) is 5.75 Å². The highest BCUT2D eigenvalue weighted by Gasteiger charge is 2.03. The van der Waals surface area contributed by atoms with Gasteiger partial charge in [-0.15, -0.1) is 0 Å². The molecule has 4 nitrogen and oxygen atoms in total. The zero-order valence-corrected chi connectivity index (χ0v) is 10.5. The minimum atomic E-state index is -0.144. The van der Waals surface area contributed by atoms with Gasteiger partial charge >= 0.3 is 0 Å². The molecule has 0 aliphatic heterocycles.